The molecule has 0 unspecified atom stereocenters. The minimum absolute atomic E-state index is 0.364. The Morgan fingerprint density at radius 3 is 2.75 bits per heavy atom. The van der Waals surface area contributed by atoms with E-state index in [-0.39, 0.29) is 6.61 Å². The number of benzene rings is 2. The van der Waals surface area contributed by atoms with Crippen LogP contribution in [0.15, 0.2) is 48.5 Å². The van der Waals surface area contributed by atoms with Gasteiger partial charge < -0.3 is 10.1 Å². The number of hydrogen-bond donors (Lipinski definition) is 1. The zero-order valence-corrected chi connectivity index (χ0v) is 16.0. The standard InChI is InChI=1S/C22H19ClN2O3/c23-14-6-5-7-15(12-14)24-20(26)13-28-22(27)21-16-8-1-3-10-18(16)25-19-11-4-2-9-17(19)21/h1,3,5-8,10,12H,2,4,9,11,13H2,(H,24,26). The molecule has 0 saturated carbocycles. The second-order valence-corrected chi connectivity index (χ2v) is 7.21. The predicted octanol–water partition coefficient (Wildman–Crippen LogP) is 4.56. The summed E-state index contributed by atoms with van der Waals surface area (Å²) in [6.45, 7) is -0.364. The lowest BCUT2D eigenvalue weighted by atomic mass is 9.90. The van der Waals surface area contributed by atoms with Gasteiger partial charge in [-0.05, 0) is 55.5 Å². The topological polar surface area (TPSA) is 68.3 Å². The van der Waals surface area contributed by atoms with Gasteiger partial charge in [-0.25, -0.2) is 4.79 Å². The van der Waals surface area contributed by atoms with Crippen LogP contribution in [0.2, 0.25) is 5.02 Å². The number of carbonyl (C=O) groups excluding carboxylic acids is 2. The Morgan fingerprint density at radius 2 is 1.89 bits per heavy atom. The second-order valence-electron chi connectivity index (χ2n) is 6.77. The summed E-state index contributed by atoms with van der Waals surface area (Å²) in [4.78, 5) is 29.8. The summed E-state index contributed by atoms with van der Waals surface area (Å²) in [5.74, 6) is -0.902. The average Bonchev–Trinajstić information content (AvgIpc) is 2.70. The number of carbonyl (C=O) groups is 2. The highest BCUT2D eigenvalue weighted by Crippen LogP contribution is 2.29. The molecule has 0 spiro atoms. The Hall–Kier alpha value is -2.92. The predicted molar refractivity (Wildman–Crippen MR) is 109 cm³/mol. The molecular formula is C22H19ClN2O3. The lowest BCUT2D eigenvalue weighted by Crippen LogP contribution is -2.22. The quantitative estimate of drug-likeness (QED) is 0.658. The fourth-order valence-electron chi connectivity index (χ4n) is 3.57. The molecule has 3 aromatic rings. The first-order valence-corrected chi connectivity index (χ1v) is 9.62. The first kappa shape index (κ1) is 18.4. The largest absolute Gasteiger partial charge is 0.452 e. The number of fused-ring (bicyclic) bond motifs is 2. The van der Waals surface area contributed by atoms with Gasteiger partial charge in [0.15, 0.2) is 6.61 Å². The highest BCUT2D eigenvalue weighted by Gasteiger charge is 2.24. The summed E-state index contributed by atoms with van der Waals surface area (Å²) in [7, 11) is 0. The van der Waals surface area contributed by atoms with Gasteiger partial charge in [0.05, 0.1) is 11.1 Å². The van der Waals surface area contributed by atoms with Gasteiger partial charge in [-0.2, -0.15) is 0 Å². The number of pyridine rings is 1. The summed E-state index contributed by atoms with van der Waals surface area (Å²) in [6.07, 6.45) is 3.74. The van der Waals surface area contributed by atoms with Gasteiger partial charge in [-0.1, -0.05) is 35.9 Å². The first-order chi connectivity index (χ1) is 13.6. The lowest BCUT2D eigenvalue weighted by molar-refractivity contribution is -0.119. The third-order valence-electron chi connectivity index (χ3n) is 4.82. The number of aromatic nitrogens is 1. The van der Waals surface area contributed by atoms with Crippen molar-refractivity contribution in [1.82, 2.24) is 4.98 Å². The van der Waals surface area contributed by atoms with Crippen LogP contribution in [0.25, 0.3) is 10.9 Å². The van der Waals surface area contributed by atoms with E-state index in [0.29, 0.717) is 16.3 Å². The number of hydrogen-bond acceptors (Lipinski definition) is 4. The summed E-state index contributed by atoms with van der Waals surface area (Å²) in [5.41, 5.74) is 3.78. The van der Waals surface area contributed by atoms with Crippen LogP contribution in [0.5, 0.6) is 0 Å². The van der Waals surface area contributed by atoms with Crippen LogP contribution in [0.4, 0.5) is 5.69 Å². The van der Waals surface area contributed by atoms with Crippen LogP contribution in [0.1, 0.15) is 34.5 Å². The molecule has 1 N–H and O–H groups in total. The van der Waals surface area contributed by atoms with Gasteiger partial charge >= 0.3 is 5.97 Å². The smallest absolute Gasteiger partial charge is 0.339 e. The maximum atomic E-state index is 12.9. The monoisotopic (exact) mass is 394 g/mol. The number of nitrogens with one attached hydrogen (secondary N) is 1. The molecule has 1 aliphatic rings. The summed E-state index contributed by atoms with van der Waals surface area (Å²) < 4.78 is 5.35. The molecule has 0 aliphatic heterocycles. The van der Waals surface area contributed by atoms with Gasteiger partial charge in [-0.3, -0.25) is 9.78 Å². The molecule has 0 bridgehead atoms. The number of aryl methyl sites for hydroxylation is 1. The molecule has 0 atom stereocenters. The molecule has 0 saturated heterocycles. The zero-order chi connectivity index (χ0) is 19.5. The molecule has 1 heterocycles. The Bertz CT molecular complexity index is 1060. The second kappa shape index (κ2) is 7.98. The normalized spacial score (nSPS) is 13.0. The van der Waals surface area contributed by atoms with Gasteiger partial charge in [0, 0.05) is 21.8 Å². The molecule has 0 radical (unpaired) electrons. The highest BCUT2D eigenvalue weighted by atomic mass is 35.5. The molecular weight excluding hydrogens is 376 g/mol. The average molecular weight is 395 g/mol. The van der Waals surface area contributed by atoms with Crippen molar-refractivity contribution in [3.63, 3.8) is 0 Å². The highest BCUT2D eigenvalue weighted by molar-refractivity contribution is 6.30. The number of anilines is 1. The lowest BCUT2D eigenvalue weighted by Gasteiger charge is -2.19. The molecule has 1 aliphatic carbocycles. The minimum atomic E-state index is -0.488. The van der Waals surface area contributed by atoms with Crippen LogP contribution in [-0.4, -0.2) is 23.5 Å². The number of ether oxygens (including phenoxy) is 1. The maximum absolute atomic E-state index is 12.9. The Labute approximate surface area is 167 Å². The molecule has 0 fully saturated rings. The van der Waals surface area contributed by atoms with Crippen molar-refractivity contribution in [2.75, 3.05) is 11.9 Å². The molecule has 1 amide bonds. The van der Waals surface area contributed by atoms with E-state index in [2.05, 4.69) is 5.32 Å². The van der Waals surface area contributed by atoms with E-state index in [4.69, 9.17) is 21.3 Å². The van der Waals surface area contributed by atoms with Crippen molar-refractivity contribution in [1.29, 1.82) is 0 Å². The van der Waals surface area contributed by atoms with Crippen LogP contribution >= 0.6 is 11.6 Å². The van der Waals surface area contributed by atoms with Gasteiger partial charge in [-0.15, -0.1) is 0 Å². The molecule has 2 aromatic carbocycles. The van der Waals surface area contributed by atoms with Crippen LogP contribution in [0, 0.1) is 0 Å². The SMILES string of the molecule is O=C(COC(=O)c1c2c(nc3ccccc13)CCCC2)Nc1cccc(Cl)c1. The van der Waals surface area contributed by atoms with Gasteiger partial charge in [0.2, 0.25) is 0 Å². The van der Waals surface area contributed by atoms with E-state index in [1.165, 1.54) is 0 Å². The summed E-state index contributed by atoms with van der Waals surface area (Å²) in [5, 5.41) is 3.96. The Balaban J connectivity index is 1.55. The third kappa shape index (κ3) is 3.85. The summed E-state index contributed by atoms with van der Waals surface area (Å²) >= 11 is 5.92. The van der Waals surface area contributed by atoms with Crippen molar-refractivity contribution in [2.24, 2.45) is 0 Å². The van der Waals surface area contributed by atoms with Crippen LogP contribution in [0.3, 0.4) is 0 Å². The van der Waals surface area contributed by atoms with Crippen molar-refractivity contribution in [3.05, 3.63) is 70.4 Å². The van der Waals surface area contributed by atoms with E-state index in [9.17, 15) is 9.59 Å². The van der Waals surface area contributed by atoms with E-state index < -0.39 is 11.9 Å². The van der Waals surface area contributed by atoms with Gasteiger partial charge in [0.25, 0.3) is 5.91 Å². The van der Waals surface area contributed by atoms with Crippen molar-refractivity contribution in [2.45, 2.75) is 25.7 Å². The molecule has 1 aromatic heterocycles. The van der Waals surface area contributed by atoms with E-state index in [1.807, 2.05) is 24.3 Å². The fraction of sp³-hybridized carbons (Fsp3) is 0.227. The van der Waals surface area contributed by atoms with Crippen molar-refractivity contribution in [3.8, 4) is 0 Å². The summed E-state index contributed by atoms with van der Waals surface area (Å²) in [6, 6.07) is 14.4. The van der Waals surface area contributed by atoms with Gasteiger partial charge in [0.1, 0.15) is 0 Å². The van der Waals surface area contributed by atoms with E-state index in [1.54, 1.807) is 24.3 Å². The zero-order valence-electron chi connectivity index (χ0n) is 15.2. The number of para-hydroxylation sites is 1. The number of amides is 1. The van der Waals surface area contributed by atoms with Crippen molar-refractivity contribution >= 4 is 40.1 Å². The number of rotatable bonds is 4. The number of esters is 1. The first-order valence-electron chi connectivity index (χ1n) is 9.25. The molecule has 28 heavy (non-hydrogen) atoms. The van der Waals surface area contributed by atoms with Crippen molar-refractivity contribution < 1.29 is 14.3 Å². The van der Waals surface area contributed by atoms with E-state index in [0.717, 1.165) is 47.8 Å². The molecule has 6 heteroatoms. The molecule has 5 nitrogen and oxygen atoms in total. The number of halogens is 1. The van der Waals surface area contributed by atoms with E-state index >= 15 is 0 Å². The fourth-order valence-corrected chi connectivity index (χ4v) is 3.76. The third-order valence-corrected chi connectivity index (χ3v) is 5.05. The molecule has 142 valence electrons. The number of nitrogens with zero attached hydrogens (tertiary/aromatic N) is 1. The minimum Gasteiger partial charge on any atom is -0.452 e. The molecule has 4 rings (SSSR count). The maximum Gasteiger partial charge on any atom is 0.339 e. The van der Waals surface area contributed by atoms with Crippen LogP contribution in [-0.2, 0) is 22.4 Å². The Kier molecular flexibility index (Phi) is 5.26. The Morgan fingerprint density at radius 1 is 1.07 bits per heavy atom. The van der Waals surface area contributed by atoms with Crippen LogP contribution < -0.4 is 5.32 Å².